The highest BCUT2D eigenvalue weighted by Gasteiger charge is 2.17. The molecule has 0 aliphatic carbocycles. The van der Waals surface area contributed by atoms with Gasteiger partial charge in [0.15, 0.2) is 0 Å². The first-order chi connectivity index (χ1) is 11.3. The van der Waals surface area contributed by atoms with Crippen LogP contribution in [0.15, 0.2) is 51.9 Å². The van der Waals surface area contributed by atoms with Crippen molar-refractivity contribution in [3.63, 3.8) is 0 Å². The summed E-state index contributed by atoms with van der Waals surface area (Å²) in [5, 5.41) is 0.475. The van der Waals surface area contributed by atoms with Crippen LogP contribution in [0, 0.1) is 0 Å². The zero-order valence-electron chi connectivity index (χ0n) is 12.4. The van der Waals surface area contributed by atoms with E-state index in [0.717, 1.165) is 11.1 Å². The van der Waals surface area contributed by atoms with Crippen molar-refractivity contribution < 1.29 is 9.15 Å². The summed E-state index contributed by atoms with van der Waals surface area (Å²) in [7, 11) is 0. The number of pyridine rings is 1. The predicted molar refractivity (Wildman–Crippen MR) is 86.5 cm³/mol. The van der Waals surface area contributed by atoms with E-state index < -0.39 is 0 Å². The van der Waals surface area contributed by atoms with Gasteiger partial charge in [0.1, 0.15) is 5.58 Å². The van der Waals surface area contributed by atoms with Crippen molar-refractivity contribution in [3.05, 3.63) is 53.1 Å². The molecule has 1 aliphatic heterocycles. The van der Waals surface area contributed by atoms with Gasteiger partial charge < -0.3 is 14.1 Å². The number of anilines is 1. The van der Waals surface area contributed by atoms with E-state index in [1.165, 1.54) is 0 Å². The van der Waals surface area contributed by atoms with Crippen LogP contribution in [0.3, 0.4) is 0 Å². The molecule has 3 aromatic rings. The summed E-state index contributed by atoms with van der Waals surface area (Å²) in [6, 6.07) is 9.71. The molecule has 4 rings (SSSR count). The third-order valence-electron chi connectivity index (χ3n) is 3.88. The van der Waals surface area contributed by atoms with Gasteiger partial charge in [0.25, 0.3) is 5.56 Å². The Bertz CT molecular complexity index is 886. The molecule has 23 heavy (non-hydrogen) atoms. The van der Waals surface area contributed by atoms with Crippen LogP contribution in [-0.2, 0) is 4.74 Å². The molecule has 0 atom stereocenters. The largest absolute Gasteiger partial charge is 0.425 e. The SMILES string of the molecule is O=c1nc(N2CCOCC2)oc2ccc(-c3cccnc3)cc12. The van der Waals surface area contributed by atoms with E-state index >= 15 is 0 Å². The second-order valence-electron chi connectivity index (χ2n) is 5.35. The highest BCUT2D eigenvalue weighted by atomic mass is 16.5. The monoisotopic (exact) mass is 309 g/mol. The first-order valence-electron chi connectivity index (χ1n) is 7.49. The highest BCUT2D eigenvalue weighted by Crippen LogP contribution is 2.24. The van der Waals surface area contributed by atoms with Gasteiger partial charge in [-0.25, -0.2) is 0 Å². The molecule has 0 amide bonds. The molecule has 0 saturated carbocycles. The fourth-order valence-electron chi connectivity index (χ4n) is 2.66. The number of morpholine rings is 1. The Morgan fingerprint density at radius 1 is 1.09 bits per heavy atom. The third-order valence-corrected chi connectivity index (χ3v) is 3.88. The van der Waals surface area contributed by atoms with Crippen LogP contribution in [0.2, 0.25) is 0 Å². The molecule has 0 bridgehead atoms. The maximum Gasteiger partial charge on any atom is 0.301 e. The first-order valence-corrected chi connectivity index (χ1v) is 7.49. The number of hydrogen-bond donors (Lipinski definition) is 0. The first kappa shape index (κ1) is 13.9. The average Bonchev–Trinajstić information content (AvgIpc) is 2.63. The van der Waals surface area contributed by atoms with Crippen molar-refractivity contribution in [2.24, 2.45) is 0 Å². The summed E-state index contributed by atoms with van der Waals surface area (Å²) in [6.07, 6.45) is 3.48. The van der Waals surface area contributed by atoms with E-state index in [-0.39, 0.29) is 5.56 Å². The maximum atomic E-state index is 12.4. The lowest BCUT2D eigenvalue weighted by molar-refractivity contribution is 0.120. The van der Waals surface area contributed by atoms with E-state index in [2.05, 4.69) is 9.97 Å². The lowest BCUT2D eigenvalue weighted by Crippen LogP contribution is -2.37. The maximum absolute atomic E-state index is 12.4. The Morgan fingerprint density at radius 3 is 2.74 bits per heavy atom. The Kier molecular flexibility index (Phi) is 3.51. The zero-order valence-corrected chi connectivity index (χ0v) is 12.4. The van der Waals surface area contributed by atoms with Crippen molar-refractivity contribution in [1.82, 2.24) is 9.97 Å². The highest BCUT2D eigenvalue weighted by molar-refractivity contribution is 5.82. The quantitative estimate of drug-likeness (QED) is 0.722. The lowest BCUT2D eigenvalue weighted by Gasteiger charge is -2.25. The smallest absolute Gasteiger partial charge is 0.301 e. The molecule has 116 valence electrons. The molecule has 1 fully saturated rings. The second-order valence-corrected chi connectivity index (χ2v) is 5.35. The van der Waals surface area contributed by atoms with E-state index in [0.29, 0.717) is 43.3 Å². The van der Waals surface area contributed by atoms with E-state index in [4.69, 9.17) is 9.15 Å². The van der Waals surface area contributed by atoms with Gasteiger partial charge in [0.05, 0.1) is 18.6 Å². The molecule has 6 nitrogen and oxygen atoms in total. The number of nitrogens with zero attached hydrogens (tertiary/aromatic N) is 3. The van der Waals surface area contributed by atoms with Crippen molar-refractivity contribution in [3.8, 4) is 11.1 Å². The standard InChI is InChI=1S/C17H15N3O3/c21-16-14-10-12(13-2-1-5-18-11-13)3-4-15(14)23-17(19-16)20-6-8-22-9-7-20/h1-5,10-11H,6-9H2. The Labute approximate surface area is 132 Å². The number of hydrogen-bond acceptors (Lipinski definition) is 6. The van der Waals surface area contributed by atoms with Crippen LogP contribution in [0.5, 0.6) is 0 Å². The molecule has 2 aromatic heterocycles. The van der Waals surface area contributed by atoms with Crippen molar-refractivity contribution >= 4 is 17.0 Å². The molecule has 1 aromatic carbocycles. The number of benzene rings is 1. The summed E-state index contributed by atoms with van der Waals surface area (Å²) in [5.74, 6) is 0. The third kappa shape index (κ3) is 2.68. The van der Waals surface area contributed by atoms with Gasteiger partial charge in [-0.1, -0.05) is 12.1 Å². The summed E-state index contributed by atoms with van der Waals surface area (Å²) in [4.78, 5) is 22.5. The van der Waals surface area contributed by atoms with E-state index in [9.17, 15) is 4.79 Å². The van der Waals surface area contributed by atoms with E-state index in [1.54, 1.807) is 18.5 Å². The minimum Gasteiger partial charge on any atom is -0.425 e. The number of rotatable bonds is 2. The van der Waals surface area contributed by atoms with Gasteiger partial charge in [-0.05, 0) is 23.8 Å². The second kappa shape index (κ2) is 5.81. The molecule has 0 radical (unpaired) electrons. The lowest BCUT2D eigenvalue weighted by atomic mass is 10.1. The summed E-state index contributed by atoms with van der Waals surface area (Å²) >= 11 is 0. The minimum absolute atomic E-state index is 0.279. The van der Waals surface area contributed by atoms with Crippen molar-refractivity contribution in [2.75, 3.05) is 31.2 Å². The number of aromatic nitrogens is 2. The molecule has 0 N–H and O–H groups in total. The van der Waals surface area contributed by atoms with E-state index in [1.807, 2.05) is 29.2 Å². The van der Waals surface area contributed by atoms with Crippen LogP contribution >= 0.6 is 0 Å². The van der Waals surface area contributed by atoms with Crippen molar-refractivity contribution in [1.29, 1.82) is 0 Å². The van der Waals surface area contributed by atoms with Crippen LogP contribution in [0.25, 0.3) is 22.1 Å². The van der Waals surface area contributed by atoms with Gasteiger partial charge in [0, 0.05) is 31.0 Å². The Morgan fingerprint density at radius 2 is 1.96 bits per heavy atom. The molecule has 3 heterocycles. The zero-order chi connectivity index (χ0) is 15.6. The predicted octanol–water partition coefficient (Wildman–Crippen LogP) is 2.09. The topological polar surface area (TPSA) is 68.5 Å². The van der Waals surface area contributed by atoms with Gasteiger partial charge in [0.2, 0.25) is 0 Å². The van der Waals surface area contributed by atoms with Crippen LogP contribution in [0.4, 0.5) is 6.01 Å². The molecular weight excluding hydrogens is 294 g/mol. The number of ether oxygens (including phenoxy) is 1. The van der Waals surface area contributed by atoms with Crippen LogP contribution in [0.1, 0.15) is 0 Å². The normalized spacial score (nSPS) is 15.0. The average molecular weight is 309 g/mol. The molecule has 1 saturated heterocycles. The molecule has 0 spiro atoms. The number of fused-ring (bicyclic) bond motifs is 1. The van der Waals surface area contributed by atoms with Crippen LogP contribution < -0.4 is 10.5 Å². The molecule has 0 unspecified atom stereocenters. The van der Waals surface area contributed by atoms with Gasteiger partial charge in [-0.15, -0.1) is 0 Å². The summed E-state index contributed by atoms with van der Waals surface area (Å²) in [5.41, 5.74) is 2.13. The summed E-state index contributed by atoms with van der Waals surface area (Å²) < 4.78 is 11.1. The Hall–Kier alpha value is -2.73. The minimum atomic E-state index is -0.279. The van der Waals surface area contributed by atoms with Crippen LogP contribution in [-0.4, -0.2) is 36.3 Å². The van der Waals surface area contributed by atoms with Gasteiger partial charge >= 0.3 is 6.01 Å². The molecular formula is C17H15N3O3. The summed E-state index contributed by atoms with van der Waals surface area (Å²) in [6.45, 7) is 2.58. The fraction of sp³-hybridized carbons (Fsp3) is 0.235. The van der Waals surface area contributed by atoms with Gasteiger partial charge in [-0.2, -0.15) is 4.98 Å². The van der Waals surface area contributed by atoms with Crippen molar-refractivity contribution in [2.45, 2.75) is 0 Å². The van der Waals surface area contributed by atoms with Gasteiger partial charge in [-0.3, -0.25) is 9.78 Å². The Balaban J connectivity index is 1.78. The molecule has 6 heteroatoms. The molecule has 1 aliphatic rings. The fourth-order valence-corrected chi connectivity index (χ4v) is 2.66.